The highest BCUT2D eigenvalue weighted by molar-refractivity contribution is 8.00. The maximum Gasteiger partial charge on any atom is 0.147 e. The van der Waals surface area contributed by atoms with Gasteiger partial charge in [0, 0.05) is 9.79 Å². The van der Waals surface area contributed by atoms with E-state index in [9.17, 15) is 26.3 Å². The molecule has 2 aromatic rings. The van der Waals surface area contributed by atoms with E-state index in [1.54, 1.807) is 0 Å². The van der Waals surface area contributed by atoms with Gasteiger partial charge in [-0.15, -0.1) is 0 Å². The van der Waals surface area contributed by atoms with Crippen LogP contribution in [0.15, 0.2) is 43.8 Å². The van der Waals surface area contributed by atoms with Crippen LogP contribution in [0.5, 0.6) is 0 Å². The van der Waals surface area contributed by atoms with E-state index in [0.29, 0.717) is 23.5 Å². The minimum Gasteiger partial charge on any atom is -0.236 e. The van der Waals surface area contributed by atoms with Crippen molar-refractivity contribution in [2.75, 3.05) is 0 Å². The van der Waals surface area contributed by atoms with Crippen LogP contribution in [0.25, 0.3) is 0 Å². The largest absolute Gasteiger partial charge is 0.236 e. The van der Waals surface area contributed by atoms with Crippen molar-refractivity contribution in [2.45, 2.75) is 44.4 Å². The molecule has 0 heterocycles. The van der Waals surface area contributed by atoms with Crippen LogP contribution >= 0.6 is 35.3 Å². The summed E-state index contributed by atoms with van der Waals surface area (Å²) in [4.78, 5) is -1.15. The Morgan fingerprint density at radius 1 is 0.640 bits per heavy atom. The van der Waals surface area contributed by atoms with E-state index < -0.39 is 44.1 Å². The van der Waals surface area contributed by atoms with Crippen LogP contribution in [-0.4, -0.2) is 11.0 Å². The number of hydrogen-bond donors (Lipinski definition) is 0. The monoisotopic (exact) mass is 414 g/mol. The minimum atomic E-state index is -1.37. The number of thioether (sulfide) groups is 2. The molecule has 0 saturated heterocycles. The summed E-state index contributed by atoms with van der Waals surface area (Å²) in [6.45, 7) is 2.43. The van der Waals surface area contributed by atoms with Crippen LogP contribution in [-0.2, 0) is 0 Å². The molecule has 0 fully saturated rings. The van der Waals surface area contributed by atoms with Crippen molar-refractivity contribution in [1.29, 1.82) is 0 Å². The van der Waals surface area contributed by atoms with Gasteiger partial charge in [0.05, 0.1) is 9.79 Å². The van der Waals surface area contributed by atoms with Gasteiger partial charge in [0.1, 0.15) is 34.3 Å². The predicted octanol–water partition coefficient (Wildman–Crippen LogP) is 7.21. The SMILES string of the molecule is CC(F)Sc1cc(F)c(Sc2c(F)cc(SC(C)F)cc2F)c(F)c1. The Hall–Kier alpha value is -0.930. The number of alkyl halides is 2. The Morgan fingerprint density at radius 2 is 0.920 bits per heavy atom. The highest BCUT2D eigenvalue weighted by Crippen LogP contribution is 2.39. The van der Waals surface area contributed by atoms with Gasteiger partial charge < -0.3 is 0 Å². The molecule has 2 rings (SSSR count). The molecule has 2 unspecified atom stereocenters. The normalized spacial score (nSPS) is 13.8. The Labute approximate surface area is 153 Å². The van der Waals surface area contributed by atoms with Gasteiger partial charge in [0.15, 0.2) is 0 Å². The number of halogens is 6. The molecule has 0 spiro atoms. The first-order chi connectivity index (χ1) is 11.7. The first-order valence-electron chi connectivity index (χ1n) is 6.94. The molecule has 9 heteroatoms. The van der Waals surface area contributed by atoms with Crippen molar-refractivity contribution >= 4 is 35.3 Å². The minimum absolute atomic E-state index is 0.0268. The summed E-state index contributed by atoms with van der Waals surface area (Å²) >= 11 is 1.47. The highest BCUT2D eigenvalue weighted by Gasteiger charge is 2.20. The zero-order valence-electron chi connectivity index (χ0n) is 13.0. The summed E-state index contributed by atoms with van der Waals surface area (Å²) in [6.07, 6.45) is 0. The maximum atomic E-state index is 14.1. The van der Waals surface area contributed by atoms with Crippen LogP contribution in [0.4, 0.5) is 26.3 Å². The van der Waals surface area contributed by atoms with Gasteiger partial charge in [0.2, 0.25) is 0 Å². The summed E-state index contributed by atoms with van der Waals surface area (Å²) in [5.41, 5.74) is -2.73. The molecule has 0 N–H and O–H groups in total. The lowest BCUT2D eigenvalue weighted by atomic mass is 10.3. The van der Waals surface area contributed by atoms with Crippen LogP contribution < -0.4 is 0 Å². The van der Waals surface area contributed by atoms with Crippen LogP contribution in [0, 0.1) is 23.3 Å². The molecule has 136 valence electrons. The van der Waals surface area contributed by atoms with Crippen molar-refractivity contribution in [1.82, 2.24) is 0 Å². The fourth-order valence-corrected chi connectivity index (χ4v) is 4.15. The summed E-state index contributed by atoms with van der Waals surface area (Å²) in [5, 5.41) is 0. The summed E-state index contributed by atoms with van der Waals surface area (Å²) in [7, 11) is 0. The molecule has 0 bridgehead atoms. The van der Waals surface area contributed by atoms with E-state index in [0.717, 1.165) is 24.3 Å². The first-order valence-corrected chi connectivity index (χ1v) is 9.52. The molecule has 2 aromatic carbocycles. The Morgan fingerprint density at radius 3 is 1.16 bits per heavy atom. The van der Waals surface area contributed by atoms with Gasteiger partial charge in [-0.05, 0) is 38.1 Å². The Balaban J connectivity index is 2.33. The standard InChI is InChI=1S/C16H12F6S3/c1-7(17)23-9-3-11(19)15(12(20)4-9)25-16-13(21)5-10(6-14(16)22)24-8(2)18/h3-8H,1-2H3. The molecule has 0 aliphatic rings. The van der Waals surface area contributed by atoms with Crippen LogP contribution in [0.1, 0.15) is 13.8 Å². The van der Waals surface area contributed by atoms with Crippen molar-refractivity contribution in [3.8, 4) is 0 Å². The molecular formula is C16H12F6S3. The fourth-order valence-electron chi connectivity index (χ4n) is 1.88. The lowest BCUT2D eigenvalue weighted by Gasteiger charge is -2.11. The molecule has 2 atom stereocenters. The third-order valence-electron chi connectivity index (χ3n) is 2.74. The second-order valence-electron chi connectivity index (χ2n) is 4.86. The average Bonchev–Trinajstić information content (AvgIpc) is 2.43. The van der Waals surface area contributed by atoms with Crippen molar-refractivity contribution in [3.05, 3.63) is 47.5 Å². The molecule has 25 heavy (non-hydrogen) atoms. The predicted molar refractivity (Wildman–Crippen MR) is 89.7 cm³/mol. The lowest BCUT2D eigenvalue weighted by Crippen LogP contribution is -1.95. The van der Waals surface area contributed by atoms with Gasteiger partial charge in [-0.1, -0.05) is 35.3 Å². The lowest BCUT2D eigenvalue weighted by molar-refractivity contribution is 0.482. The molecule has 0 aliphatic carbocycles. The first kappa shape index (κ1) is 20.4. The summed E-state index contributed by atoms with van der Waals surface area (Å²) < 4.78 is 82.1. The molecule has 0 amide bonds. The zero-order chi connectivity index (χ0) is 18.7. The summed E-state index contributed by atoms with van der Waals surface area (Å²) in [6, 6.07) is 3.60. The van der Waals surface area contributed by atoms with Crippen LogP contribution in [0.2, 0.25) is 0 Å². The smallest absolute Gasteiger partial charge is 0.147 e. The molecule has 0 aromatic heterocycles. The van der Waals surface area contributed by atoms with E-state index >= 15 is 0 Å². The van der Waals surface area contributed by atoms with E-state index in [4.69, 9.17) is 0 Å². The van der Waals surface area contributed by atoms with Crippen molar-refractivity contribution in [3.63, 3.8) is 0 Å². The summed E-state index contributed by atoms with van der Waals surface area (Å²) in [5.74, 6) is -4.21. The topological polar surface area (TPSA) is 0 Å². The van der Waals surface area contributed by atoms with Gasteiger partial charge in [0.25, 0.3) is 0 Å². The number of benzene rings is 2. The fraction of sp³-hybridized carbons (Fsp3) is 0.250. The molecule has 0 aliphatic heterocycles. The maximum absolute atomic E-state index is 14.1. The van der Waals surface area contributed by atoms with E-state index in [-0.39, 0.29) is 21.6 Å². The highest BCUT2D eigenvalue weighted by atomic mass is 32.2. The Kier molecular flexibility index (Phi) is 7.04. The molecule has 0 radical (unpaired) electrons. The zero-order valence-corrected chi connectivity index (χ0v) is 15.4. The Bertz CT molecular complexity index is 654. The van der Waals surface area contributed by atoms with Crippen molar-refractivity contribution < 1.29 is 26.3 Å². The number of hydrogen-bond acceptors (Lipinski definition) is 3. The quantitative estimate of drug-likeness (QED) is 0.362. The molecular weight excluding hydrogens is 402 g/mol. The average molecular weight is 414 g/mol. The van der Waals surface area contributed by atoms with Crippen LogP contribution in [0.3, 0.4) is 0 Å². The van der Waals surface area contributed by atoms with Gasteiger partial charge in [-0.2, -0.15) is 0 Å². The van der Waals surface area contributed by atoms with E-state index in [1.165, 1.54) is 13.8 Å². The molecule has 0 nitrogen and oxygen atoms in total. The van der Waals surface area contributed by atoms with Gasteiger partial charge in [-0.3, -0.25) is 0 Å². The third kappa shape index (κ3) is 5.52. The van der Waals surface area contributed by atoms with Gasteiger partial charge >= 0.3 is 0 Å². The molecule has 0 saturated carbocycles. The second-order valence-corrected chi connectivity index (χ2v) is 8.59. The number of rotatable bonds is 6. The van der Waals surface area contributed by atoms with E-state index in [1.807, 2.05) is 0 Å². The third-order valence-corrected chi connectivity index (χ3v) is 5.60. The van der Waals surface area contributed by atoms with Crippen molar-refractivity contribution in [2.24, 2.45) is 0 Å². The van der Waals surface area contributed by atoms with Gasteiger partial charge in [-0.25, -0.2) is 26.3 Å². The second kappa shape index (κ2) is 8.64. The van der Waals surface area contributed by atoms with E-state index in [2.05, 4.69) is 0 Å².